The van der Waals surface area contributed by atoms with E-state index in [1.165, 1.54) is 4.88 Å². The fraction of sp³-hybridized carbons (Fsp3) is 0.375. The van der Waals surface area contributed by atoms with Crippen molar-refractivity contribution in [3.8, 4) is 0 Å². The Hall–Kier alpha value is -1.63. The minimum Gasteiger partial charge on any atom is -0.368 e. The standard InChI is InChI=1S/C8H12N6S/c1-2-5-3-10-6(15-5)4-11-8-12-7(9)13-14-8/h3H,2,4H2,1H3,(H4,9,11,12,13,14). The summed E-state index contributed by atoms with van der Waals surface area (Å²) in [5.74, 6) is 0.812. The molecular weight excluding hydrogens is 212 g/mol. The Balaban J connectivity index is 1.93. The molecule has 0 aliphatic rings. The van der Waals surface area contributed by atoms with Crippen molar-refractivity contribution in [1.82, 2.24) is 20.2 Å². The van der Waals surface area contributed by atoms with Crippen LogP contribution in [-0.2, 0) is 13.0 Å². The highest BCUT2D eigenvalue weighted by molar-refractivity contribution is 7.11. The van der Waals surface area contributed by atoms with Crippen molar-refractivity contribution in [2.75, 3.05) is 11.1 Å². The zero-order valence-corrected chi connectivity index (χ0v) is 9.14. The minimum atomic E-state index is 0.311. The van der Waals surface area contributed by atoms with Crippen LogP contribution in [-0.4, -0.2) is 20.2 Å². The summed E-state index contributed by atoms with van der Waals surface area (Å²) >= 11 is 1.69. The van der Waals surface area contributed by atoms with Crippen molar-refractivity contribution in [2.24, 2.45) is 0 Å². The molecule has 0 aromatic carbocycles. The maximum absolute atomic E-state index is 5.39. The molecule has 0 atom stereocenters. The van der Waals surface area contributed by atoms with E-state index >= 15 is 0 Å². The first-order chi connectivity index (χ1) is 7.28. The summed E-state index contributed by atoms with van der Waals surface area (Å²) in [6, 6.07) is 0. The fourth-order valence-corrected chi connectivity index (χ4v) is 1.90. The number of H-pyrrole nitrogens is 1. The molecule has 0 aliphatic heterocycles. The number of nitrogens with zero attached hydrogens (tertiary/aromatic N) is 3. The first-order valence-corrected chi connectivity index (χ1v) is 5.45. The van der Waals surface area contributed by atoms with Crippen LogP contribution in [0.1, 0.15) is 16.8 Å². The lowest BCUT2D eigenvalue weighted by molar-refractivity contribution is 1.03. The van der Waals surface area contributed by atoms with Gasteiger partial charge in [0.2, 0.25) is 11.9 Å². The first kappa shape index (κ1) is 9.91. The molecule has 2 aromatic rings. The van der Waals surface area contributed by atoms with Gasteiger partial charge in [0.05, 0.1) is 6.54 Å². The van der Waals surface area contributed by atoms with Gasteiger partial charge in [-0.15, -0.1) is 16.4 Å². The van der Waals surface area contributed by atoms with E-state index < -0.39 is 0 Å². The van der Waals surface area contributed by atoms with Crippen LogP contribution in [0.2, 0.25) is 0 Å². The van der Waals surface area contributed by atoms with Crippen LogP contribution in [0, 0.1) is 0 Å². The van der Waals surface area contributed by atoms with Crippen LogP contribution in [0.5, 0.6) is 0 Å². The average Bonchev–Trinajstić information content (AvgIpc) is 2.83. The molecule has 15 heavy (non-hydrogen) atoms. The van der Waals surface area contributed by atoms with Crippen molar-refractivity contribution in [3.63, 3.8) is 0 Å². The molecule has 0 radical (unpaired) electrons. The molecule has 2 rings (SSSR count). The molecule has 80 valence electrons. The number of aryl methyl sites for hydroxylation is 1. The molecule has 2 heterocycles. The molecule has 0 aliphatic carbocycles. The van der Waals surface area contributed by atoms with Gasteiger partial charge in [0.15, 0.2) is 0 Å². The molecule has 0 fully saturated rings. The van der Waals surface area contributed by atoms with Gasteiger partial charge in [-0.1, -0.05) is 6.92 Å². The van der Waals surface area contributed by atoms with Crippen molar-refractivity contribution in [3.05, 3.63) is 16.1 Å². The lowest BCUT2D eigenvalue weighted by atomic mass is 10.4. The summed E-state index contributed by atoms with van der Waals surface area (Å²) in [5.41, 5.74) is 5.39. The van der Waals surface area contributed by atoms with Gasteiger partial charge in [-0.25, -0.2) is 10.1 Å². The van der Waals surface area contributed by atoms with E-state index in [0.717, 1.165) is 11.4 Å². The van der Waals surface area contributed by atoms with Gasteiger partial charge in [0.25, 0.3) is 0 Å². The lowest BCUT2D eigenvalue weighted by Crippen LogP contribution is -2.00. The number of nitrogens with two attached hydrogens (primary N) is 1. The Kier molecular flexibility index (Phi) is 2.82. The summed E-state index contributed by atoms with van der Waals surface area (Å²) in [4.78, 5) is 9.48. The quantitative estimate of drug-likeness (QED) is 0.721. The highest BCUT2D eigenvalue weighted by atomic mass is 32.1. The van der Waals surface area contributed by atoms with Crippen molar-refractivity contribution in [2.45, 2.75) is 19.9 Å². The summed E-state index contributed by atoms with van der Waals surface area (Å²) in [5, 5.41) is 10.5. The van der Waals surface area contributed by atoms with E-state index in [4.69, 9.17) is 5.73 Å². The maximum atomic E-state index is 5.39. The van der Waals surface area contributed by atoms with Crippen LogP contribution < -0.4 is 11.1 Å². The molecule has 0 amide bonds. The molecule has 2 aromatic heterocycles. The van der Waals surface area contributed by atoms with Crippen molar-refractivity contribution < 1.29 is 0 Å². The van der Waals surface area contributed by atoms with Crippen LogP contribution in [0.15, 0.2) is 6.20 Å². The van der Waals surface area contributed by atoms with Crippen LogP contribution in [0.25, 0.3) is 0 Å². The highest BCUT2D eigenvalue weighted by Crippen LogP contribution is 2.14. The van der Waals surface area contributed by atoms with E-state index in [-0.39, 0.29) is 0 Å². The largest absolute Gasteiger partial charge is 0.368 e. The molecule has 0 saturated carbocycles. The highest BCUT2D eigenvalue weighted by Gasteiger charge is 2.02. The number of anilines is 2. The molecule has 0 bridgehead atoms. The predicted octanol–water partition coefficient (Wildman–Crippen LogP) is 1.02. The Morgan fingerprint density at radius 1 is 1.60 bits per heavy atom. The number of thiazole rings is 1. The normalized spacial score (nSPS) is 10.5. The monoisotopic (exact) mass is 224 g/mol. The third-order valence-corrected chi connectivity index (χ3v) is 2.99. The van der Waals surface area contributed by atoms with Crippen LogP contribution in [0.4, 0.5) is 11.9 Å². The van der Waals surface area contributed by atoms with Gasteiger partial charge in [-0.2, -0.15) is 4.98 Å². The van der Waals surface area contributed by atoms with E-state index in [0.29, 0.717) is 18.4 Å². The molecule has 7 heteroatoms. The van der Waals surface area contributed by atoms with Gasteiger partial charge in [0.1, 0.15) is 5.01 Å². The molecule has 0 saturated heterocycles. The van der Waals surface area contributed by atoms with Gasteiger partial charge in [-0.05, 0) is 6.42 Å². The van der Waals surface area contributed by atoms with Crippen molar-refractivity contribution in [1.29, 1.82) is 0 Å². The predicted molar refractivity (Wildman–Crippen MR) is 59.6 cm³/mol. The van der Waals surface area contributed by atoms with Gasteiger partial charge >= 0.3 is 0 Å². The number of hydrogen-bond donors (Lipinski definition) is 3. The number of aromatic nitrogens is 4. The second-order valence-corrected chi connectivity index (χ2v) is 4.17. The lowest BCUT2D eigenvalue weighted by Gasteiger charge is -1.96. The summed E-state index contributed by atoms with van der Waals surface area (Å²) in [7, 11) is 0. The number of hydrogen-bond acceptors (Lipinski definition) is 6. The average molecular weight is 224 g/mol. The Morgan fingerprint density at radius 2 is 2.47 bits per heavy atom. The molecule has 6 nitrogen and oxygen atoms in total. The summed E-state index contributed by atoms with van der Waals surface area (Å²) in [6.45, 7) is 2.74. The summed E-state index contributed by atoms with van der Waals surface area (Å²) in [6.07, 6.45) is 2.92. The van der Waals surface area contributed by atoms with Crippen LogP contribution in [0.3, 0.4) is 0 Å². The zero-order chi connectivity index (χ0) is 10.7. The van der Waals surface area contributed by atoms with Crippen LogP contribution >= 0.6 is 11.3 Å². The second kappa shape index (κ2) is 4.26. The van der Waals surface area contributed by atoms with Crippen molar-refractivity contribution >= 4 is 23.2 Å². The van der Waals surface area contributed by atoms with E-state index in [1.807, 2.05) is 6.20 Å². The number of aromatic amines is 1. The molecular formula is C8H12N6S. The molecule has 0 unspecified atom stereocenters. The SMILES string of the molecule is CCc1cnc(CNc2n[nH]c(N)n2)s1. The first-order valence-electron chi connectivity index (χ1n) is 4.63. The maximum Gasteiger partial charge on any atom is 0.244 e. The smallest absolute Gasteiger partial charge is 0.244 e. The van der Waals surface area contributed by atoms with Gasteiger partial charge in [-0.3, -0.25) is 0 Å². The zero-order valence-electron chi connectivity index (χ0n) is 8.32. The number of rotatable bonds is 4. The third-order valence-electron chi connectivity index (χ3n) is 1.85. The Morgan fingerprint density at radius 3 is 3.07 bits per heavy atom. The number of nitrogen functional groups attached to an aromatic ring is 1. The van der Waals surface area contributed by atoms with E-state index in [2.05, 4.69) is 32.4 Å². The third kappa shape index (κ3) is 2.44. The fourth-order valence-electron chi connectivity index (χ4n) is 1.10. The molecule has 4 N–H and O–H groups in total. The topological polar surface area (TPSA) is 92.5 Å². The summed E-state index contributed by atoms with van der Waals surface area (Å²) < 4.78 is 0. The van der Waals surface area contributed by atoms with Gasteiger partial charge < -0.3 is 11.1 Å². The second-order valence-electron chi connectivity index (χ2n) is 2.97. The number of nitrogens with one attached hydrogen (secondary N) is 2. The van der Waals surface area contributed by atoms with E-state index in [9.17, 15) is 0 Å². The minimum absolute atomic E-state index is 0.311. The van der Waals surface area contributed by atoms with Gasteiger partial charge in [0, 0.05) is 11.1 Å². The molecule has 0 spiro atoms. The Bertz CT molecular complexity index is 434. The van der Waals surface area contributed by atoms with E-state index in [1.54, 1.807) is 11.3 Å². The Labute approximate surface area is 90.9 Å².